The molecule has 1 aromatic carbocycles. The number of benzene rings is 1. The van der Waals surface area contributed by atoms with Crippen molar-refractivity contribution in [1.82, 2.24) is 29.9 Å². The molecule has 1 aliphatic heterocycles. The predicted molar refractivity (Wildman–Crippen MR) is 96.9 cm³/mol. The van der Waals surface area contributed by atoms with Gasteiger partial charge in [0.05, 0.1) is 37.2 Å². The van der Waals surface area contributed by atoms with Gasteiger partial charge < -0.3 is 9.64 Å². The van der Waals surface area contributed by atoms with Crippen LogP contribution in [0, 0.1) is 6.92 Å². The van der Waals surface area contributed by atoms with Crippen LogP contribution >= 0.6 is 0 Å². The maximum absolute atomic E-state index is 13.1. The first-order chi connectivity index (χ1) is 13.2. The van der Waals surface area contributed by atoms with Gasteiger partial charge in [0.1, 0.15) is 12.4 Å². The molecule has 3 heterocycles. The Hall–Kier alpha value is -3.13. The summed E-state index contributed by atoms with van der Waals surface area (Å²) in [6.45, 7) is 3.77. The number of aromatic nitrogens is 5. The summed E-state index contributed by atoms with van der Waals surface area (Å²) < 4.78 is 7.47. The molecule has 27 heavy (non-hydrogen) atoms. The Morgan fingerprint density at radius 3 is 2.96 bits per heavy atom. The Kier molecular flexibility index (Phi) is 4.88. The lowest BCUT2D eigenvalue weighted by Crippen LogP contribution is -2.44. The molecule has 1 fully saturated rings. The zero-order valence-corrected chi connectivity index (χ0v) is 15.0. The summed E-state index contributed by atoms with van der Waals surface area (Å²) >= 11 is 0. The molecule has 8 heteroatoms. The van der Waals surface area contributed by atoms with Gasteiger partial charge in [-0.05, 0) is 18.6 Å². The number of carbonyl (C=O) groups is 1. The molecule has 1 saturated heterocycles. The molecule has 1 amide bonds. The van der Waals surface area contributed by atoms with E-state index in [2.05, 4.69) is 20.3 Å². The van der Waals surface area contributed by atoms with Crippen molar-refractivity contribution in [3.8, 4) is 0 Å². The quantitative estimate of drug-likeness (QED) is 0.700. The van der Waals surface area contributed by atoms with Crippen molar-refractivity contribution in [2.24, 2.45) is 0 Å². The number of ether oxygens (including phenoxy) is 1. The van der Waals surface area contributed by atoms with Crippen LogP contribution in [0.25, 0.3) is 0 Å². The zero-order valence-electron chi connectivity index (χ0n) is 15.0. The maximum Gasteiger partial charge on any atom is 0.256 e. The molecule has 0 saturated carbocycles. The molecule has 3 aromatic rings. The molecule has 0 spiro atoms. The highest BCUT2D eigenvalue weighted by Crippen LogP contribution is 2.25. The second-order valence-electron chi connectivity index (χ2n) is 6.44. The maximum atomic E-state index is 13.1. The number of amides is 1. The summed E-state index contributed by atoms with van der Waals surface area (Å²) in [7, 11) is 0. The van der Waals surface area contributed by atoms with Crippen LogP contribution in [-0.4, -0.2) is 55.5 Å². The Morgan fingerprint density at radius 2 is 2.15 bits per heavy atom. The van der Waals surface area contributed by atoms with Crippen LogP contribution in [0.4, 0.5) is 0 Å². The SMILES string of the molecule is Cc1cc(C(=O)N2CCOCC2c2ncnn2Cc2ccccc2)cnn1. The third-order valence-electron chi connectivity index (χ3n) is 4.53. The van der Waals surface area contributed by atoms with E-state index in [1.165, 1.54) is 12.5 Å². The van der Waals surface area contributed by atoms with Gasteiger partial charge in [-0.25, -0.2) is 9.67 Å². The first-order valence-corrected chi connectivity index (χ1v) is 8.82. The van der Waals surface area contributed by atoms with Crippen molar-refractivity contribution in [2.45, 2.75) is 19.5 Å². The highest BCUT2D eigenvalue weighted by molar-refractivity contribution is 5.94. The molecule has 1 aliphatic rings. The minimum Gasteiger partial charge on any atom is -0.377 e. The van der Waals surface area contributed by atoms with Gasteiger partial charge in [-0.15, -0.1) is 0 Å². The molecular formula is C19H20N6O2. The summed E-state index contributed by atoms with van der Waals surface area (Å²) in [5.41, 5.74) is 2.34. The summed E-state index contributed by atoms with van der Waals surface area (Å²) in [5.74, 6) is 0.612. The monoisotopic (exact) mass is 364 g/mol. The second-order valence-corrected chi connectivity index (χ2v) is 6.44. The molecule has 8 nitrogen and oxygen atoms in total. The van der Waals surface area contributed by atoms with Gasteiger partial charge in [0.2, 0.25) is 0 Å². The van der Waals surface area contributed by atoms with E-state index in [0.717, 1.165) is 5.56 Å². The Labute approximate surface area is 156 Å². The molecule has 0 radical (unpaired) electrons. The molecule has 138 valence electrons. The van der Waals surface area contributed by atoms with Gasteiger partial charge in [-0.3, -0.25) is 4.79 Å². The number of carbonyl (C=O) groups excluding carboxylic acids is 1. The molecule has 4 rings (SSSR count). The van der Waals surface area contributed by atoms with E-state index in [1.54, 1.807) is 11.0 Å². The minimum absolute atomic E-state index is 0.101. The van der Waals surface area contributed by atoms with Crippen LogP contribution in [0.15, 0.2) is 48.9 Å². The highest BCUT2D eigenvalue weighted by Gasteiger charge is 2.33. The Morgan fingerprint density at radius 1 is 1.30 bits per heavy atom. The fourth-order valence-electron chi connectivity index (χ4n) is 3.23. The van der Waals surface area contributed by atoms with E-state index in [4.69, 9.17) is 4.74 Å². The summed E-state index contributed by atoms with van der Waals surface area (Å²) in [5, 5.41) is 12.2. The normalized spacial score (nSPS) is 17.1. The van der Waals surface area contributed by atoms with Crippen LogP contribution < -0.4 is 0 Å². The number of morpholine rings is 1. The van der Waals surface area contributed by atoms with Crippen molar-refractivity contribution in [2.75, 3.05) is 19.8 Å². The van der Waals surface area contributed by atoms with Gasteiger partial charge in [-0.2, -0.15) is 15.3 Å². The first kappa shape index (κ1) is 17.3. The van der Waals surface area contributed by atoms with Crippen LogP contribution in [-0.2, 0) is 11.3 Å². The van der Waals surface area contributed by atoms with E-state index in [-0.39, 0.29) is 11.9 Å². The van der Waals surface area contributed by atoms with Crippen LogP contribution in [0.3, 0.4) is 0 Å². The van der Waals surface area contributed by atoms with Gasteiger partial charge in [0, 0.05) is 6.54 Å². The van der Waals surface area contributed by atoms with Crippen molar-refractivity contribution in [3.05, 3.63) is 71.6 Å². The zero-order chi connectivity index (χ0) is 18.6. The molecule has 1 unspecified atom stereocenters. The molecule has 1 atom stereocenters. The van der Waals surface area contributed by atoms with Crippen LogP contribution in [0.1, 0.15) is 33.5 Å². The Balaban J connectivity index is 1.62. The number of nitrogens with zero attached hydrogens (tertiary/aromatic N) is 6. The van der Waals surface area contributed by atoms with E-state index in [1.807, 2.05) is 41.9 Å². The standard InChI is InChI=1S/C19H20N6O2/c1-14-9-16(10-21-23-14)19(26)24-7-8-27-12-17(24)18-20-13-22-25(18)11-15-5-3-2-4-6-15/h2-6,9-10,13,17H,7-8,11-12H2,1H3. The third-order valence-corrected chi connectivity index (χ3v) is 4.53. The fourth-order valence-corrected chi connectivity index (χ4v) is 3.23. The van der Waals surface area contributed by atoms with Crippen molar-refractivity contribution in [3.63, 3.8) is 0 Å². The van der Waals surface area contributed by atoms with Gasteiger partial charge >= 0.3 is 0 Å². The van der Waals surface area contributed by atoms with E-state index < -0.39 is 0 Å². The van der Waals surface area contributed by atoms with Crippen LogP contribution in [0.2, 0.25) is 0 Å². The lowest BCUT2D eigenvalue weighted by Gasteiger charge is -2.35. The summed E-state index contributed by atoms with van der Waals surface area (Å²) in [6.07, 6.45) is 3.02. The molecule has 2 aromatic heterocycles. The molecule has 0 N–H and O–H groups in total. The summed E-state index contributed by atoms with van der Waals surface area (Å²) in [4.78, 5) is 19.3. The number of hydrogen-bond acceptors (Lipinski definition) is 6. The smallest absolute Gasteiger partial charge is 0.256 e. The third kappa shape index (κ3) is 3.70. The predicted octanol–water partition coefficient (Wildman–Crippen LogP) is 1.64. The van der Waals surface area contributed by atoms with E-state index in [0.29, 0.717) is 43.4 Å². The number of hydrogen-bond donors (Lipinski definition) is 0. The molecule has 0 bridgehead atoms. The van der Waals surface area contributed by atoms with Gasteiger partial charge in [0.25, 0.3) is 5.91 Å². The second kappa shape index (κ2) is 7.63. The number of rotatable bonds is 4. The van der Waals surface area contributed by atoms with Crippen molar-refractivity contribution >= 4 is 5.91 Å². The summed E-state index contributed by atoms with van der Waals surface area (Å²) in [6, 6.07) is 11.5. The highest BCUT2D eigenvalue weighted by atomic mass is 16.5. The Bertz CT molecular complexity index is 927. The van der Waals surface area contributed by atoms with E-state index >= 15 is 0 Å². The fraction of sp³-hybridized carbons (Fsp3) is 0.316. The minimum atomic E-state index is -0.300. The van der Waals surface area contributed by atoms with Crippen LogP contribution in [0.5, 0.6) is 0 Å². The molecular weight excluding hydrogens is 344 g/mol. The molecule has 0 aliphatic carbocycles. The van der Waals surface area contributed by atoms with Crippen molar-refractivity contribution in [1.29, 1.82) is 0 Å². The van der Waals surface area contributed by atoms with Gasteiger partial charge in [-0.1, -0.05) is 30.3 Å². The van der Waals surface area contributed by atoms with Crippen molar-refractivity contribution < 1.29 is 9.53 Å². The topological polar surface area (TPSA) is 86.0 Å². The lowest BCUT2D eigenvalue weighted by molar-refractivity contribution is -0.00639. The lowest BCUT2D eigenvalue weighted by atomic mass is 10.1. The first-order valence-electron chi connectivity index (χ1n) is 8.82. The van der Waals surface area contributed by atoms with Gasteiger partial charge in [0.15, 0.2) is 5.82 Å². The van der Waals surface area contributed by atoms with E-state index in [9.17, 15) is 4.79 Å². The average Bonchev–Trinajstić information content (AvgIpc) is 3.16. The average molecular weight is 364 g/mol. The number of aryl methyl sites for hydroxylation is 1. The largest absolute Gasteiger partial charge is 0.377 e.